The van der Waals surface area contributed by atoms with E-state index in [1.165, 1.54) is 0 Å². The van der Waals surface area contributed by atoms with E-state index < -0.39 is 0 Å². The third-order valence-electron chi connectivity index (χ3n) is 2.61. The van der Waals surface area contributed by atoms with Crippen molar-refractivity contribution in [1.29, 1.82) is 0 Å². The molecule has 2 rings (SSSR count). The second kappa shape index (κ2) is 6.26. The third-order valence-corrected chi connectivity index (χ3v) is 3.58. The maximum Gasteiger partial charge on any atom is 0.232 e. The van der Waals surface area contributed by atoms with Gasteiger partial charge in [-0.1, -0.05) is 25.9 Å². The molecule has 0 atom stereocenters. The van der Waals surface area contributed by atoms with E-state index in [1.54, 1.807) is 25.1 Å². The van der Waals surface area contributed by atoms with Gasteiger partial charge in [-0.05, 0) is 6.07 Å². The van der Waals surface area contributed by atoms with Gasteiger partial charge in [0.15, 0.2) is 5.82 Å². The largest absolute Gasteiger partial charge is 0.497 e. The average Bonchev–Trinajstić information content (AvgIpc) is 2.88. The monoisotopic (exact) mass is 293 g/mol. The van der Waals surface area contributed by atoms with Crippen molar-refractivity contribution in [3.63, 3.8) is 0 Å². The van der Waals surface area contributed by atoms with Crippen LogP contribution < -0.4 is 4.74 Å². The van der Waals surface area contributed by atoms with Gasteiger partial charge in [-0.2, -0.15) is 4.98 Å². The summed E-state index contributed by atoms with van der Waals surface area (Å²) in [6.45, 7) is 6.16. The fourth-order valence-corrected chi connectivity index (χ4v) is 2.29. The zero-order valence-corrected chi connectivity index (χ0v) is 13.0. The Balaban J connectivity index is 1.88. The Bertz CT molecular complexity index is 564. The zero-order valence-electron chi connectivity index (χ0n) is 12.2. The Labute approximate surface area is 123 Å². The van der Waals surface area contributed by atoms with Gasteiger partial charge >= 0.3 is 0 Å². The smallest absolute Gasteiger partial charge is 0.232 e. The minimum atomic E-state index is -0.107. The summed E-state index contributed by atoms with van der Waals surface area (Å²) in [4.78, 5) is 8.70. The fourth-order valence-electron chi connectivity index (χ4n) is 1.53. The summed E-state index contributed by atoms with van der Waals surface area (Å²) in [6.07, 6.45) is 1.75. The lowest BCUT2D eigenvalue weighted by Crippen LogP contribution is -2.11. The van der Waals surface area contributed by atoms with Gasteiger partial charge in [0.1, 0.15) is 5.75 Å². The Hall–Kier alpha value is -1.56. The maximum atomic E-state index is 5.26. The van der Waals surface area contributed by atoms with Crippen molar-refractivity contribution < 1.29 is 9.26 Å². The number of rotatable bonds is 5. The molecule has 0 unspecified atom stereocenters. The molecular formula is C14H19N3O2S. The van der Waals surface area contributed by atoms with Crippen molar-refractivity contribution in [2.75, 3.05) is 7.11 Å². The second-order valence-corrected chi connectivity index (χ2v) is 6.43. The first-order valence-corrected chi connectivity index (χ1v) is 7.54. The number of hydrogen-bond acceptors (Lipinski definition) is 6. The predicted octanol–water partition coefficient (Wildman–Crippen LogP) is 3.20. The second-order valence-electron chi connectivity index (χ2n) is 5.45. The SMILES string of the molecule is COc1ccnc(CSCc2noc(C(C)(C)C)n2)c1. The number of methoxy groups -OCH3 is 1. The summed E-state index contributed by atoms with van der Waals surface area (Å²) in [7, 11) is 1.65. The molecule has 0 radical (unpaired) electrons. The first-order chi connectivity index (χ1) is 9.49. The zero-order chi connectivity index (χ0) is 14.6. The van der Waals surface area contributed by atoms with E-state index in [4.69, 9.17) is 9.26 Å². The molecule has 2 aromatic heterocycles. The van der Waals surface area contributed by atoms with E-state index in [0.717, 1.165) is 23.0 Å². The molecule has 108 valence electrons. The fraction of sp³-hybridized carbons (Fsp3) is 0.500. The molecule has 0 saturated heterocycles. The Morgan fingerprint density at radius 2 is 2.10 bits per heavy atom. The van der Waals surface area contributed by atoms with Gasteiger partial charge in [-0.25, -0.2) is 0 Å². The topological polar surface area (TPSA) is 61.0 Å². The summed E-state index contributed by atoms with van der Waals surface area (Å²) in [5, 5.41) is 4.00. The lowest BCUT2D eigenvalue weighted by molar-refractivity contribution is 0.319. The molecule has 0 spiro atoms. The Morgan fingerprint density at radius 1 is 1.30 bits per heavy atom. The molecule has 6 heteroatoms. The molecule has 0 amide bonds. The average molecular weight is 293 g/mol. The van der Waals surface area contributed by atoms with Gasteiger partial charge in [-0.3, -0.25) is 4.98 Å². The number of ether oxygens (including phenoxy) is 1. The first-order valence-electron chi connectivity index (χ1n) is 6.39. The molecule has 20 heavy (non-hydrogen) atoms. The number of pyridine rings is 1. The minimum absolute atomic E-state index is 0.107. The molecule has 0 bridgehead atoms. The van der Waals surface area contributed by atoms with E-state index in [-0.39, 0.29) is 5.41 Å². The molecule has 0 N–H and O–H groups in total. The molecule has 0 saturated carbocycles. The van der Waals surface area contributed by atoms with E-state index in [9.17, 15) is 0 Å². The molecule has 0 aliphatic rings. The van der Waals surface area contributed by atoms with Crippen molar-refractivity contribution in [1.82, 2.24) is 15.1 Å². The van der Waals surface area contributed by atoms with Gasteiger partial charge in [0.05, 0.1) is 18.6 Å². The molecule has 2 heterocycles. The van der Waals surface area contributed by atoms with Crippen LogP contribution in [0.4, 0.5) is 0 Å². The Kier molecular flexibility index (Phi) is 4.65. The van der Waals surface area contributed by atoms with E-state index in [2.05, 4.69) is 35.9 Å². The quantitative estimate of drug-likeness (QED) is 0.843. The lowest BCUT2D eigenvalue weighted by Gasteiger charge is -2.10. The molecule has 0 aromatic carbocycles. The van der Waals surface area contributed by atoms with Crippen LogP contribution in [0.2, 0.25) is 0 Å². The van der Waals surface area contributed by atoms with Crippen LogP contribution in [-0.2, 0) is 16.9 Å². The normalized spacial score (nSPS) is 11.6. The van der Waals surface area contributed by atoms with Gasteiger partial charge in [0.2, 0.25) is 5.89 Å². The van der Waals surface area contributed by atoms with Crippen LogP contribution >= 0.6 is 11.8 Å². The molecule has 0 fully saturated rings. The first kappa shape index (κ1) is 14.8. The van der Waals surface area contributed by atoms with Crippen LogP contribution in [0.15, 0.2) is 22.9 Å². The third kappa shape index (κ3) is 3.96. The van der Waals surface area contributed by atoms with Crippen molar-refractivity contribution in [3.05, 3.63) is 35.7 Å². The number of nitrogens with zero attached hydrogens (tertiary/aromatic N) is 3. The summed E-state index contributed by atoms with van der Waals surface area (Å²) >= 11 is 1.70. The summed E-state index contributed by atoms with van der Waals surface area (Å²) in [6, 6.07) is 3.77. The van der Waals surface area contributed by atoms with Crippen LogP contribution in [0, 0.1) is 0 Å². The molecular weight excluding hydrogens is 274 g/mol. The van der Waals surface area contributed by atoms with E-state index in [1.807, 2.05) is 12.1 Å². The van der Waals surface area contributed by atoms with Crippen LogP contribution in [0.3, 0.4) is 0 Å². The molecule has 0 aliphatic heterocycles. The van der Waals surface area contributed by atoms with Gasteiger partial charge in [-0.15, -0.1) is 11.8 Å². The van der Waals surface area contributed by atoms with Crippen LogP contribution in [-0.4, -0.2) is 22.2 Å². The van der Waals surface area contributed by atoms with E-state index in [0.29, 0.717) is 11.6 Å². The van der Waals surface area contributed by atoms with Crippen molar-refractivity contribution >= 4 is 11.8 Å². The number of hydrogen-bond donors (Lipinski definition) is 0. The number of thioether (sulfide) groups is 1. The molecule has 5 nitrogen and oxygen atoms in total. The van der Waals surface area contributed by atoms with Crippen LogP contribution in [0.25, 0.3) is 0 Å². The highest BCUT2D eigenvalue weighted by molar-refractivity contribution is 7.97. The number of aromatic nitrogens is 3. The highest BCUT2D eigenvalue weighted by Crippen LogP contribution is 2.22. The van der Waals surface area contributed by atoms with Crippen LogP contribution in [0.5, 0.6) is 5.75 Å². The maximum absolute atomic E-state index is 5.26. The summed E-state index contributed by atoms with van der Waals surface area (Å²) in [5.74, 6) is 3.72. The van der Waals surface area contributed by atoms with Crippen molar-refractivity contribution in [3.8, 4) is 5.75 Å². The standard InChI is InChI=1S/C14H19N3O2S/c1-14(2,3)13-16-12(17-19-13)9-20-8-10-7-11(18-4)5-6-15-10/h5-7H,8-9H2,1-4H3. The summed E-state index contributed by atoms with van der Waals surface area (Å²) in [5.41, 5.74) is 0.874. The van der Waals surface area contributed by atoms with Gasteiger partial charge in [0, 0.05) is 23.4 Å². The molecule has 2 aromatic rings. The van der Waals surface area contributed by atoms with Gasteiger partial charge < -0.3 is 9.26 Å². The van der Waals surface area contributed by atoms with Crippen molar-refractivity contribution in [2.24, 2.45) is 0 Å². The minimum Gasteiger partial charge on any atom is -0.497 e. The van der Waals surface area contributed by atoms with Crippen LogP contribution in [0.1, 0.15) is 38.2 Å². The summed E-state index contributed by atoms with van der Waals surface area (Å²) < 4.78 is 10.4. The van der Waals surface area contributed by atoms with Gasteiger partial charge in [0.25, 0.3) is 0 Å². The predicted molar refractivity (Wildman–Crippen MR) is 78.8 cm³/mol. The van der Waals surface area contributed by atoms with E-state index >= 15 is 0 Å². The Morgan fingerprint density at radius 3 is 2.75 bits per heavy atom. The van der Waals surface area contributed by atoms with Crippen molar-refractivity contribution in [2.45, 2.75) is 37.7 Å². The lowest BCUT2D eigenvalue weighted by atomic mass is 9.97. The highest BCUT2D eigenvalue weighted by atomic mass is 32.2. The molecule has 0 aliphatic carbocycles. The highest BCUT2D eigenvalue weighted by Gasteiger charge is 2.21.